The zero-order chi connectivity index (χ0) is 12.7. The Morgan fingerprint density at radius 2 is 1.68 bits per heavy atom. The second-order valence-corrected chi connectivity index (χ2v) is 7.39. The molecule has 2 unspecified atom stereocenters. The van der Waals surface area contributed by atoms with Gasteiger partial charge in [-0.1, -0.05) is 12.8 Å². The van der Waals surface area contributed by atoms with Crippen LogP contribution in [0.4, 0.5) is 0 Å². The molecule has 108 valence electrons. The maximum Gasteiger partial charge on any atom is 0.0309 e. The van der Waals surface area contributed by atoms with Gasteiger partial charge in [0.15, 0.2) is 0 Å². The first-order chi connectivity index (χ1) is 9.35. The molecule has 3 heterocycles. The van der Waals surface area contributed by atoms with E-state index in [0.29, 0.717) is 5.54 Å². The molecule has 4 rings (SSSR count). The van der Waals surface area contributed by atoms with E-state index >= 15 is 0 Å². The molecule has 4 aliphatic rings. The van der Waals surface area contributed by atoms with Gasteiger partial charge in [-0.3, -0.25) is 4.90 Å². The largest absolute Gasteiger partial charge is 0.309 e. The predicted octanol–water partition coefficient (Wildman–Crippen LogP) is 1.83. The zero-order valence-corrected chi connectivity index (χ0v) is 12.2. The minimum Gasteiger partial charge on any atom is -0.309 e. The van der Waals surface area contributed by atoms with Crippen molar-refractivity contribution < 1.29 is 0 Å². The van der Waals surface area contributed by atoms with Crippen molar-refractivity contribution in [1.82, 2.24) is 15.1 Å². The van der Waals surface area contributed by atoms with Crippen LogP contribution >= 0.6 is 0 Å². The molecule has 1 aliphatic carbocycles. The predicted molar refractivity (Wildman–Crippen MR) is 78.4 cm³/mol. The van der Waals surface area contributed by atoms with Crippen LogP contribution in [0.25, 0.3) is 0 Å². The van der Waals surface area contributed by atoms with Crippen molar-refractivity contribution in [2.75, 3.05) is 32.7 Å². The molecule has 4 fully saturated rings. The Bertz CT molecular complexity index is 324. The average molecular weight is 263 g/mol. The second-order valence-electron chi connectivity index (χ2n) is 7.39. The van der Waals surface area contributed by atoms with Crippen molar-refractivity contribution >= 4 is 0 Å². The summed E-state index contributed by atoms with van der Waals surface area (Å²) in [5, 5.41) is 3.86. The van der Waals surface area contributed by atoms with Crippen LogP contribution in [0.2, 0.25) is 0 Å². The zero-order valence-electron chi connectivity index (χ0n) is 12.2. The van der Waals surface area contributed by atoms with E-state index in [0.717, 1.165) is 12.1 Å². The van der Waals surface area contributed by atoms with Crippen molar-refractivity contribution in [3.05, 3.63) is 0 Å². The van der Waals surface area contributed by atoms with E-state index in [4.69, 9.17) is 0 Å². The second kappa shape index (κ2) is 5.01. The quantitative estimate of drug-likeness (QED) is 0.779. The Morgan fingerprint density at radius 1 is 0.842 bits per heavy atom. The number of piperidine rings is 1. The van der Waals surface area contributed by atoms with Crippen molar-refractivity contribution in [2.24, 2.45) is 0 Å². The molecule has 1 saturated carbocycles. The van der Waals surface area contributed by atoms with E-state index in [1.54, 1.807) is 0 Å². The summed E-state index contributed by atoms with van der Waals surface area (Å²) in [6, 6.07) is 1.81. The van der Waals surface area contributed by atoms with Gasteiger partial charge in [-0.15, -0.1) is 0 Å². The van der Waals surface area contributed by atoms with Crippen LogP contribution in [0, 0.1) is 0 Å². The van der Waals surface area contributed by atoms with Gasteiger partial charge in [0.1, 0.15) is 0 Å². The van der Waals surface area contributed by atoms with E-state index in [1.807, 2.05) is 0 Å². The molecule has 0 amide bonds. The smallest absolute Gasteiger partial charge is 0.0309 e. The van der Waals surface area contributed by atoms with Crippen LogP contribution in [0.3, 0.4) is 0 Å². The SMILES string of the molecule is C1CC2CC(N3CCNC4(CCCC4)C3)CCN2C1. The highest BCUT2D eigenvalue weighted by atomic mass is 15.3. The number of hydrogen-bond donors (Lipinski definition) is 1. The molecule has 19 heavy (non-hydrogen) atoms. The molecule has 1 N–H and O–H groups in total. The third-order valence-electron chi connectivity index (χ3n) is 6.27. The molecule has 0 radical (unpaired) electrons. The molecular weight excluding hydrogens is 234 g/mol. The third-order valence-corrected chi connectivity index (χ3v) is 6.27. The Hall–Kier alpha value is -0.120. The molecule has 0 aromatic carbocycles. The summed E-state index contributed by atoms with van der Waals surface area (Å²) in [6.45, 7) is 6.60. The number of piperazine rings is 1. The molecule has 3 aliphatic heterocycles. The first-order valence-electron chi connectivity index (χ1n) is 8.58. The Kier molecular flexibility index (Phi) is 3.33. The normalized spacial score (nSPS) is 39.8. The molecule has 0 bridgehead atoms. The molecule has 0 aromatic rings. The molecule has 1 spiro atoms. The Morgan fingerprint density at radius 3 is 2.58 bits per heavy atom. The monoisotopic (exact) mass is 263 g/mol. The van der Waals surface area contributed by atoms with Crippen molar-refractivity contribution in [2.45, 2.75) is 69.0 Å². The molecule has 3 nitrogen and oxygen atoms in total. The van der Waals surface area contributed by atoms with Crippen LogP contribution in [-0.2, 0) is 0 Å². The summed E-state index contributed by atoms with van der Waals surface area (Å²) in [5.74, 6) is 0. The summed E-state index contributed by atoms with van der Waals surface area (Å²) in [4.78, 5) is 5.61. The van der Waals surface area contributed by atoms with Crippen molar-refractivity contribution in [1.29, 1.82) is 0 Å². The summed E-state index contributed by atoms with van der Waals surface area (Å²) in [6.07, 6.45) is 11.5. The summed E-state index contributed by atoms with van der Waals surface area (Å²) in [5.41, 5.74) is 0.505. The molecular formula is C16H29N3. The third kappa shape index (κ3) is 2.34. The van der Waals surface area contributed by atoms with Gasteiger partial charge in [-0.25, -0.2) is 0 Å². The van der Waals surface area contributed by atoms with Crippen LogP contribution in [-0.4, -0.2) is 60.1 Å². The van der Waals surface area contributed by atoms with Crippen LogP contribution in [0.1, 0.15) is 51.4 Å². The number of nitrogens with zero attached hydrogens (tertiary/aromatic N) is 2. The highest BCUT2D eigenvalue weighted by Crippen LogP contribution is 2.35. The van der Waals surface area contributed by atoms with Crippen molar-refractivity contribution in [3.8, 4) is 0 Å². The number of fused-ring (bicyclic) bond motifs is 1. The summed E-state index contributed by atoms with van der Waals surface area (Å²) in [7, 11) is 0. The average Bonchev–Trinajstić information content (AvgIpc) is 3.07. The maximum absolute atomic E-state index is 3.86. The van der Waals surface area contributed by atoms with Gasteiger partial charge in [0.05, 0.1) is 0 Å². The number of rotatable bonds is 1. The standard InChI is InChI=1S/C16H29N3/c1-2-7-16(6-1)13-19(11-8-17-16)15-5-10-18-9-3-4-14(18)12-15/h14-15,17H,1-13H2. The van der Waals surface area contributed by atoms with Crippen LogP contribution < -0.4 is 5.32 Å². The van der Waals surface area contributed by atoms with Gasteiger partial charge < -0.3 is 10.2 Å². The maximum atomic E-state index is 3.86. The highest BCUT2D eigenvalue weighted by molar-refractivity contribution is 5.01. The molecule has 3 heteroatoms. The molecule has 3 saturated heterocycles. The number of hydrogen-bond acceptors (Lipinski definition) is 3. The van der Waals surface area contributed by atoms with E-state index in [2.05, 4.69) is 15.1 Å². The van der Waals surface area contributed by atoms with Gasteiger partial charge >= 0.3 is 0 Å². The van der Waals surface area contributed by atoms with E-state index in [9.17, 15) is 0 Å². The topological polar surface area (TPSA) is 18.5 Å². The van der Waals surface area contributed by atoms with E-state index in [-0.39, 0.29) is 0 Å². The van der Waals surface area contributed by atoms with E-state index in [1.165, 1.54) is 84.1 Å². The summed E-state index contributed by atoms with van der Waals surface area (Å²) < 4.78 is 0. The Balaban J connectivity index is 1.41. The fourth-order valence-electron chi connectivity index (χ4n) is 5.22. The van der Waals surface area contributed by atoms with Gasteiger partial charge in [0, 0.05) is 37.3 Å². The van der Waals surface area contributed by atoms with Gasteiger partial charge in [-0.05, 0) is 51.6 Å². The lowest BCUT2D eigenvalue weighted by Gasteiger charge is -2.48. The molecule has 2 atom stereocenters. The summed E-state index contributed by atoms with van der Waals surface area (Å²) >= 11 is 0. The van der Waals surface area contributed by atoms with Crippen molar-refractivity contribution in [3.63, 3.8) is 0 Å². The van der Waals surface area contributed by atoms with Crippen LogP contribution in [0.5, 0.6) is 0 Å². The Labute approximate surface area is 117 Å². The lowest BCUT2D eigenvalue weighted by Crippen LogP contribution is -2.62. The fourth-order valence-corrected chi connectivity index (χ4v) is 5.22. The first-order valence-corrected chi connectivity index (χ1v) is 8.58. The fraction of sp³-hybridized carbons (Fsp3) is 1.00. The van der Waals surface area contributed by atoms with Gasteiger partial charge in [-0.2, -0.15) is 0 Å². The highest BCUT2D eigenvalue weighted by Gasteiger charge is 2.41. The minimum atomic E-state index is 0.505. The van der Waals surface area contributed by atoms with Gasteiger partial charge in [0.2, 0.25) is 0 Å². The molecule has 0 aromatic heterocycles. The number of nitrogens with one attached hydrogen (secondary N) is 1. The van der Waals surface area contributed by atoms with Crippen LogP contribution in [0.15, 0.2) is 0 Å². The van der Waals surface area contributed by atoms with E-state index < -0.39 is 0 Å². The van der Waals surface area contributed by atoms with Gasteiger partial charge in [0.25, 0.3) is 0 Å². The lowest BCUT2D eigenvalue weighted by atomic mass is 9.90. The first kappa shape index (κ1) is 12.6. The lowest BCUT2D eigenvalue weighted by molar-refractivity contribution is 0.0435. The minimum absolute atomic E-state index is 0.505.